The first-order valence-electron chi connectivity index (χ1n) is 8.06. The Morgan fingerprint density at radius 2 is 2.08 bits per heavy atom. The van der Waals surface area contributed by atoms with Crippen molar-refractivity contribution < 1.29 is 18.7 Å². The maximum atomic E-state index is 14.9. The normalized spacial score (nSPS) is 29.5. The van der Waals surface area contributed by atoms with E-state index in [1.54, 1.807) is 37.8 Å². The molecule has 2 bridgehead atoms. The summed E-state index contributed by atoms with van der Waals surface area (Å²) >= 11 is 5.68. The van der Waals surface area contributed by atoms with E-state index >= 15 is 0 Å². The zero-order valence-corrected chi connectivity index (χ0v) is 14.7. The van der Waals surface area contributed by atoms with Crippen LogP contribution in [-0.2, 0) is 4.74 Å². The van der Waals surface area contributed by atoms with Crippen molar-refractivity contribution in [3.05, 3.63) is 17.3 Å². The fourth-order valence-corrected chi connectivity index (χ4v) is 3.44. The summed E-state index contributed by atoms with van der Waals surface area (Å²) in [7, 11) is 0. The van der Waals surface area contributed by atoms with Crippen LogP contribution in [0.3, 0.4) is 0 Å². The number of hydrogen-bond donors (Lipinski definition) is 0. The molecule has 1 amide bonds. The lowest BCUT2D eigenvalue weighted by atomic mass is 9.98. The zero-order valence-electron chi connectivity index (χ0n) is 13.9. The van der Waals surface area contributed by atoms with E-state index in [1.807, 2.05) is 0 Å². The fraction of sp³-hybridized carbons (Fsp3) is 0.688. The molecule has 0 aliphatic carbocycles. The number of carbonyl (C=O) groups is 1. The van der Waals surface area contributed by atoms with Crippen LogP contribution in [0.4, 0.5) is 9.18 Å². The van der Waals surface area contributed by atoms with E-state index < -0.39 is 30.0 Å². The van der Waals surface area contributed by atoms with Crippen molar-refractivity contribution in [2.24, 2.45) is 0 Å². The molecule has 2 fully saturated rings. The zero-order chi connectivity index (χ0) is 17.5. The highest BCUT2D eigenvalue weighted by Crippen LogP contribution is 2.39. The third-order valence-corrected chi connectivity index (χ3v) is 4.46. The third kappa shape index (κ3) is 3.55. The molecule has 1 aromatic heterocycles. The monoisotopic (exact) mass is 357 g/mol. The van der Waals surface area contributed by atoms with Crippen molar-refractivity contribution >= 4 is 17.7 Å². The lowest BCUT2D eigenvalue weighted by Crippen LogP contribution is -2.57. The highest BCUT2D eigenvalue weighted by atomic mass is 35.5. The molecule has 132 valence electrons. The average Bonchev–Trinajstić information content (AvgIpc) is 2.83. The topological polar surface area (TPSA) is 64.5 Å². The van der Waals surface area contributed by atoms with Gasteiger partial charge in [0.2, 0.25) is 5.88 Å². The number of aromatic nitrogens is 2. The van der Waals surface area contributed by atoms with Crippen molar-refractivity contribution in [2.75, 3.05) is 0 Å². The number of rotatable bonds is 2. The minimum atomic E-state index is -1.30. The predicted molar refractivity (Wildman–Crippen MR) is 85.9 cm³/mol. The summed E-state index contributed by atoms with van der Waals surface area (Å²) in [6.45, 7) is 5.40. The molecule has 2 aliphatic rings. The lowest BCUT2D eigenvalue weighted by molar-refractivity contribution is -0.0412. The van der Waals surface area contributed by atoms with Gasteiger partial charge >= 0.3 is 6.09 Å². The summed E-state index contributed by atoms with van der Waals surface area (Å²) in [5.41, 5.74) is -0.603. The molecule has 2 saturated heterocycles. The number of halogens is 2. The van der Waals surface area contributed by atoms with Gasteiger partial charge < -0.3 is 9.47 Å². The second kappa shape index (κ2) is 6.35. The van der Waals surface area contributed by atoms with Crippen molar-refractivity contribution in [3.8, 4) is 5.88 Å². The van der Waals surface area contributed by atoms with Gasteiger partial charge in [0, 0.05) is 18.5 Å². The van der Waals surface area contributed by atoms with Gasteiger partial charge in [-0.05, 0) is 39.7 Å². The number of alkyl halides is 1. The van der Waals surface area contributed by atoms with Crippen LogP contribution in [0.15, 0.2) is 12.1 Å². The Balaban J connectivity index is 1.70. The smallest absolute Gasteiger partial charge is 0.410 e. The van der Waals surface area contributed by atoms with E-state index in [2.05, 4.69) is 10.2 Å². The van der Waals surface area contributed by atoms with Crippen LogP contribution >= 0.6 is 11.6 Å². The maximum Gasteiger partial charge on any atom is 0.410 e. The number of ether oxygens (including phenoxy) is 2. The molecule has 0 N–H and O–H groups in total. The first-order valence-corrected chi connectivity index (χ1v) is 8.43. The molecular formula is C16H21ClFN3O3. The predicted octanol–water partition coefficient (Wildman–Crippen LogP) is 3.39. The summed E-state index contributed by atoms with van der Waals surface area (Å²) in [5, 5.41) is 7.74. The molecule has 0 radical (unpaired) electrons. The van der Waals surface area contributed by atoms with Crippen LogP contribution < -0.4 is 4.74 Å². The highest BCUT2D eigenvalue weighted by molar-refractivity contribution is 6.29. The van der Waals surface area contributed by atoms with Crippen molar-refractivity contribution in [3.63, 3.8) is 0 Å². The maximum absolute atomic E-state index is 14.9. The first kappa shape index (κ1) is 17.2. The standard InChI is InChI=1S/C16H21ClFN3O3/c1-16(2,3)24-15(22)21-9-4-5-10(21)14(18)11(8-9)23-13-7-6-12(17)19-20-13/h6-7,9-11,14H,4-5,8H2,1-3H3/t9-,10+,11-,14+/m1/s1. The highest BCUT2D eigenvalue weighted by Gasteiger charge is 2.52. The Hall–Kier alpha value is -1.63. The Morgan fingerprint density at radius 3 is 2.71 bits per heavy atom. The van der Waals surface area contributed by atoms with E-state index in [0.29, 0.717) is 12.8 Å². The number of fused-ring (bicyclic) bond motifs is 2. The molecule has 0 spiro atoms. The van der Waals surface area contributed by atoms with Crippen LogP contribution in [0.25, 0.3) is 0 Å². The van der Waals surface area contributed by atoms with Gasteiger partial charge in [-0.15, -0.1) is 10.2 Å². The van der Waals surface area contributed by atoms with Crippen LogP contribution in [0.2, 0.25) is 5.15 Å². The molecule has 4 atom stereocenters. The SMILES string of the molecule is CC(C)(C)OC(=O)N1[C@@H]2CC[C@H]1[C@H](F)[C@H](Oc1ccc(Cl)nn1)C2. The molecule has 6 nitrogen and oxygen atoms in total. The molecule has 3 rings (SSSR count). The number of amides is 1. The number of piperidine rings is 1. The van der Waals surface area contributed by atoms with E-state index in [4.69, 9.17) is 21.1 Å². The number of nitrogens with zero attached hydrogens (tertiary/aromatic N) is 3. The number of carbonyl (C=O) groups excluding carboxylic acids is 1. The largest absolute Gasteiger partial charge is 0.470 e. The summed E-state index contributed by atoms with van der Waals surface area (Å²) in [5.74, 6) is 0.233. The van der Waals surface area contributed by atoms with Crippen molar-refractivity contribution in [2.45, 2.75) is 70.0 Å². The van der Waals surface area contributed by atoms with E-state index in [1.165, 1.54) is 0 Å². The molecule has 2 aliphatic heterocycles. The molecule has 24 heavy (non-hydrogen) atoms. The average molecular weight is 358 g/mol. The minimum Gasteiger partial charge on any atom is -0.470 e. The second-order valence-electron chi connectivity index (χ2n) is 7.22. The minimum absolute atomic E-state index is 0.0814. The van der Waals surface area contributed by atoms with Crippen LogP contribution in [0.5, 0.6) is 5.88 Å². The Kier molecular flexibility index (Phi) is 4.55. The van der Waals surface area contributed by atoms with Gasteiger partial charge in [-0.25, -0.2) is 9.18 Å². The van der Waals surface area contributed by atoms with E-state index in [9.17, 15) is 9.18 Å². The molecule has 0 saturated carbocycles. The molecule has 0 unspecified atom stereocenters. The van der Waals surface area contributed by atoms with Gasteiger partial charge in [0.25, 0.3) is 0 Å². The Bertz CT molecular complexity index is 608. The molecule has 1 aromatic rings. The van der Waals surface area contributed by atoms with E-state index in [-0.39, 0.29) is 17.1 Å². The molecule has 8 heteroatoms. The van der Waals surface area contributed by atoms with Gasteiger partial charge in [-0.3, -0.25) is 4.90 Å². The Labute approximate surface area is 145 Å². The first-order chi connectivity index (χ1) is 11.2. The van der Waals surface area contributed by atoms with Gasteiger partial charge in [-0.2, -0.15) is 0 Å². The van der Waals surface area contributed by atoms with Gasteiger partial charge in [0.15, 0.2) is 11.3 Å². The fourth-order valence-electron chi connectivity index (χ4n) is 3.34. The summed E-state index contributed by atoms with van der Waals surface area (Å²) in [6, 6.07) is 2.50. The number of hydrogen-bond acceptors (Lipinski definition) is 5. The van der Waals surface area contributed by atoms with Gasteiger partial charge in [-0.1, -0.05) is 11.6 Å². The van der Waals surface area contributed by atoms with Gasteiger partial charge in [0.1, 0.15) is 11.7 Å². The molecule has 0 aromatic carbocycles. The van der Waals surface area contributed by atoms with Crippen LogP contribution in [0.1, 0.15) is 40.0 Å². The van der Waals surface area contributed by atoms with Crippen molar-refractivity contribution in [1.82, 2.24) is 15.1 Å². The summed E-state index contributed by atoms with van der Waals surface area (Å²) in [6.07, 6.45) is -0.651. The third-order valence-electron chi connectivity index (χ3n) is 4.26. The lowest BCUT2D eigenvalue weighted by Gasteiger charge is -2.41. The second-order valence-corrected chi connectivity index (χ2v) is 7.60. The van der Waals surface area contributed by atoms with Crippen LogP contribution in [0, 0.1) is 0 Å². The summed E-state index contributed by atoms with van der Waals surface area (Å²) in [4.78, 5) is 13.9. The summed E-state index contributed by atoms with van der Waals surface area (Å²) < 4.78 is 26.0. The van der Waals surface area contributed by atoms with Crippen LogP contribution in [-0.4, -0.2) is 51.2 Å². The molecule has 3 heterocycles. The quantitative estimate of drug-likeness (QED) is 0.811. The van der Waals surface area contributed by atoms with E-state index in [0.717, 1.165) is 6.42 Å². The van der Waals surface area contributed by atoms with Gasteiger partial charge in [0.05, 0.1) is 6.04 Å². The molecular weight excluding hydrogens is 337 g/mol. The van der Waals surface area contributed by atoms with Crippen molar-refractivity contribution in [1.29, 1.82) is 0 Å². The Morgan fingerprint density at radius 1 is 1.33 bits per heavy atom.